The molecule has 1 fully saturated rings. The predicted molar refractivity (Wildman–Crippen MR) is 74.9 cm³/mol. The van der Waals surface area contributed by atoms with Crippen molar-refractivity contribution in [3.8, 4) is 0 Å². The molecule has 0 saturated heterocycles. The van der Waals surface area contributed by atoms with Crippen molar-refractivity contribution in [2.24, 2.45) is 0 Å². The monoisotopic (exact) mass is 257 g/mol. The van der Waals surface area contributed by atoms with E-state index in [0.717, 1.165) is 42.1 Å². The predicted octanol–water partition coefficient (Wildman–Crippen LogP) is 3.01. The Morgan fingerprint density at radius 2 is 2.21 bits per heavy atom. The number of aliphatic hydroxyl groups is 1. The molecule has 0 amide bonds. The zero-order valence-electron chi connectivity index (χ0n) is 11.2. The summed E-state index contributed by atoms with van der Waals surface area (Å²) in [6.45, 7) is 0. The molecule has 1 N–H and O–H groups in total. The third-order valence-corrected chi connectivity index (χ3v) is 4.20. The van der Waals surface area contributed by atoms with Crippen LogP contribution in [0.2, 0.25) is 0 Å². The minimum Gasteiger partial charge on any atom is -0.382 e. The summed E-state index contributed by atoms with van der Waals surface area (Å²) in [5, 5.41) is 12.1. The lowest BCUT2D eigenvalue weighted by molar-refractivity contribution is -0.122. The minimum absolute atomic E-state index is 0.123. The van der Waals surface area contributed by atoms with Gasteiger partial charge in [-0.25, -0.2) is 0 Å². The van der Waals surface area contributed by atoms with Crippen LogP contribution in [0.15, 0.2) is 36.5 Å². The molecule has 0 bridgehead atoms. The number of aromatic nitrogens is 1. The van der Waals surface area contributed by atoms with Gasteiger partial charge in [0.1, 0.15) is 5.60 Å². The molecule has 0 aliphatic heterocycles. The Morgan fingerprint density at radius 3 is 3.05 bits per heavy atom. The molecule has 3 rings (SSSR count). The molecule has 0 spiro atoms. The van der Waals surface area contributed by atoms with Crippen LogP contribution in [0.5, 0.6) is 0 Å². The van der Waals surface area contributed by atoms with Crippen molar-refractivity contribution in [2.45, 2.75) is 37.4 Å². The van der Waals surface area contributed by atoms with E-state index >= 15 is 0 Å². The Kier molecular flexibility index (Phi) is 3.25. The second kappa shape index (κ2) is 4.91. The molecule has 1 aliphatic rings. The molecule has 2 atom stereocenters. The summed E-state index contributed by atoms with van der Waals surface area (Å²) in [7, 11) is 1.68. The summed E-state index contributed by atoms with van der Waals surface area (Å²) in [6, 6.07) is 9.98. The Hall–Kier alpha value is -1.45. The molecule has 2 aromatic rings. The van der Waals surface area contributed by atoms with Gasteiger partial charge in [-0.15, -0.1) is 0 Å². The van der Waals surface area contributed by atoms with Crippen molar-refractivity contribution in [1.29, 1.82) is 0 Å². The Labute approximate surface area is 113 Å². The van der Waals surface area contributed by atoms with E-state index in [-0.39, 0.29) is 6.10 Å². The standard InChI is InChI=1S/C16H19NO2/c1-19-15-6-2-3-9-16(15,18)13-8-7-12-5-4-10-17-14(12)11-13/h4-5,7-8,10-11,15,18H,2-3,6,9H2,1H3. The van der Waals surface area contributed by atoms with E-state index in [1.807, 2.05) is 30.3 Å². The molecule has 1 heterocycles. The fourth-order valence-corrected chi connectivity index (χ4v) is 3.10. The molecule has 100 valence electrons. The molecule has 1 aliphatic carbocycles. The summed E-state index contributed by atoms with van der Waals surface area (Å²) in [5.74, 6) is 0. The SMILES string of the molecule is COC1CCCCC1(O)c1ccc2cccnc2c1. The van der Waals surface area contributed by atoms with Gasteiger partial charge in [0.15, 0.2) is 0 Å². The van der Waals surface area contributed by atoms with Gasteiger partial charge in [0, 0.05) is 18.7 Å². The van der Waals surface area contributed by atoms with Crippen LogP contribution < -0.4 is 0 Å². The van der Waals surface area contributed by atoms with Gasteiger partial charge in [0.2, 0.25) is 0 Å². The maximum absolute atomic E-state index is 11.0. The molecule has 1 aromatic carbocycles. The fourth-order valence-electron chi connectivity index (χ4n) is 3.10. The summed E-state index contributed by atoms with van der Waals surface area (Å²) in [4.78, 5) is 4.37. The maximum Gasteiger partial charge on any atom is 0.116 e. The largest absolute Gasteiger partial charge is 0.382 e. The Balaban J connectivity index is 2.06. The van der Waals surface area contributed by atoms with Crippen molar-refractivity contribution in [3.63, 3.8) is 0 Å². The van der Waals surface area contributed by atoms with Gasteiger partial charge in [0.25, 0.3) is 0 Å². The van der Waals surface area contributed by atoms with E-state index in [0.29, 0.717) is 0 Å². The number of ether oxygens (including phenoxy) is 1. The minimum atomic E-state index is -0.876. The van der Waals surface area contributed by atoms with Crippen LogP contribution in [0.1, 0.15) is 31.2 Å². The lowest BCUT2D eigenvalue weighted by atomic mass is 9.77. The Bertz CT molecular complexity index is 584. The molecule has 3 heteroatoms. The smallest absolute Gasteiger partial charge is 0.116 e. The zero-order valence-corrected chi connectivity index (χ0v) is 11.2. The van der Waals surface area contributed by atoms with Crippen molar-refractivity contribution >= 4 is 10.9 Å². The van der Waals surface area contributed by atoms with Crippen molar-refractivity contribution in [3.05, 3.63) is 42.1 Å². The van der Waals surface area contributed by atoms with Crippen LogP contribution >= 0.6 is 0 Å². The molecule has 19 heavy (non-hydrogen) atoms. The fraction of sp³-hybridized carbons (Fsp3) is 0.438. The molecule has 0 radical (unpaired) electrons. The molecule has 2 unspecified atom stereocenters. The number of benzene rings is 1. The number of fused-ring (bicyclic) bond motifs is 1. The van der Waals surface area contributed by atoms with Crippen molar-refractivity contribution in [1.82, 2.24) is 4.98 Å². The zero-order chi connectivity index (χ0) is 13.3. The lowest BCUT2D eigenvalue weighted by Gasteiger charge is -2.39. The van der Waals surface area contributed by atoms with E-state index < -0.39 is 5.60 Å². The first-order chi connectivity index (χ1) is 9.24. The molecule has 3 nitrogen and oxygen atoms in total. The molecular weight excluding hydrogens is 238 g/mol. The van der Waals surface area contributed by atoms with Crippen molar-refractivity contribution in [2.75, 3.05) is 7.11 Å². The highest BCUT2D eigenvalue weighted by atomic mass is 16.5. The maximum atomic E-state index is 11.0. The first-order valence-corrected chi connectivity index (χ1v) is 6.84. The van der Waals surface area contributed by atoms with E-state index in [2.05, 4.69) is 4.98 Å². The number of rotatable bonds is 2. The van der Waals surface area contributed by atoms with Gasteiger partial charge in [-0.05, 0) is 30.5 Å². The summed E-state index contributed by atoms with van der Waals surface area (Å²) < 4.78 is 5.50. The molecule has 1 aromatic heterocycles. The van der Waals surface area contributed by atoms with E-state index in [9.17, 15) is 5.11 Å². The van der Waals surface area contributed by atoms with Crippen LogP contribution in [-0.4, -0.2) is 23.3 Å². The van der Waals surface area contributed by atoms with Crippen LogP contribution in [-0.2, 0) is 10.3 Å². The van der Waals surface area contributed by atoms with Gasteiger partial charge >= 0.3 is 0 Å². The highest BCUT2D eigenvalue weighted by Crippen LogP contribution is 2.39. The molecule has 1 saturated carbocycles. The van der Waals surface area contributed by atoms with Crippen LogP contribution in [0.3, 0.4) is 0 Å². The number of nitrogens with zero attached hydrogens (tertiary/aromatic N) is 1. The number of hydrogen-bond donors (Lipinski definition) is 1. The normalized spacial score (nSPS) is 27.6. The highest BCUT2D eigenvalue weighted by molar-refractivity contribution is 5.79. The average Bonchev–Trinajstić information content (AvgIpc) is 2.47. The number of hydrogen-bond acceptors (Lipinski definition) is 3. The topological polar surface area (TPSA) is 42.4 Å². The number of methoxy groups -OCH3 is 1. The molecular formula is C16H19NO2. The summed E-state index contributed by atoms with van der Waals surface area (Å²) in [5.41, 5.74) is 0.970. The Morgan fingerprint density at radius 1 is 1.32 bits per heavy atom. The lowest BCUT2D eigenvalue weighted by Crippen LogP contribution is -2.43. The first kappa shape index (κ1) is 12.6. The number of pyridine rings is 1. The van der Waals surface area contributed by atoms with Gasteiger partial charge in [-0.3, -0.25) is 4.98 Å². The van der Waals surface area contributed by atoms with Gasteiger partial charge in [0.05, 0.1) is 11.6 Å². The quantitative estimate of drug-likeness (QED) is 0.899. The second-order valence-corrected chi connectivity index (χ2v) is 5.31. The van der Waals surface area contributed by atoms with Crippen LogP contribution in [0.25, 0.3) is 10.9 Å². The van der Waals surface area contributed by atoms with Crippen molar-refractivity contribution < 1.29 is 9.84 Å². The van der Waals surface area contributed by atoms with E-state index in [1.54, 1.807) is 13.3 Å². The van der Waals surface area contributed by atoms with Gasteiger partial charge < -0.3 is 9.84 Å². The first-order valence-electron chi connectivity index (χ1n) is 6.84. The van der Waals surface area contributed by atoms with E-state index in [1.165, 1.54) is 0 Å². The summed E-state index contributed by atoms with van der Waals surface area (Å²) >= 11 is 0. The van der Waals surface area contributed by atoms with Gasteiger partial charge in [-0.1, -0.05) is 31.0 Å². The highest BCUT2D eigenvalue weighted by Gasteiger charge is 2.40. The summed E-state index contributed by atoms with van der Waals surface area (Å²) in [6.07, 6.45) is 5.48. The van der Waals surface area contributed by atoms with Gasteiger partial charge in [-0.2, -0.15) is 0 Å². The van der Waals surface area contributed by atoms with E-state index in [4.69, 9.17) is 4.74 Å². The average molecular weight is 257 g/mol. The van der Waals surface area contributed by atoms with Crippen LogP contribution in [0.4, 0.5) is 0 Å². The van der Waals surface area contributed by atoms with Crippen LogP contribution in [0, 0.1) is 0 Å². The third-order valence-electron chi connectivity index (χ3n) is 4.20. The third kappa shape index (κ3) is 2.13. The second-order valence-electron chi connectivity index (χ2n) is 5.31.